The van der Waals surface area contributed by atoms with E-state index in [9.17, 15) is 5.26 Å². The predicted octanol–water partition coefficient (Wildman–Crippen LogP) is 5.59. The van der Waals surface area contributed by atoms with Crippen LogP contribution < -0.4 is 4.74 Å². The number of ether oxygens (including phenoxy) is 1. The number of aryl methyl sites for hydroxylation is 2. The third-order valence-electron chi connectivity index (χ3n) is 5.23. The molecule has 6 nitrogen and oxygen atoms in total. The smallest absolute Gasteiger partial charge is 0.173 e. The lowest BCUT2D eigenvalue weighted by Gasteiger charge is -2.13. The van der Waals surface area contributed by atoms with E-state index in [1.54, 1.807) is 28.2 Å². The van der Waals surface area contributed by atoms with Crippen molar-refractivity contribution in [2.45, 2.75) is 20.5 Å². The minimum atomic E-state index is 0.450. The molecule has 7 heteroatoms. The molecule has 0 aliphatic heterocycles. The molecule has 0 spiro atoms. The molecule has 0 saturated heterocycles. The second-order valence-corrected chi connectivity index (χ2v) is 8.63. The van der Waals surface area contributed by atoms with Crippen molar-refractivity contribution in [2.75, 3.05) is 0 Å². The minimum Gasteiger partial charge on any atom is -0.488 e. The van der Waals surface area contributed by atoms with E-state index in [-0.39, 0.29) is 0 Å². The van der Waals surface area contributed by atoms with Gasteiger partial charge in [-0.15, -0.1) is 11.3 Å². The summed E-state index contributed by atoms with van der Waals surface area (Å²) >= 11 is 1.66. The topological polar surface area (TPSA) is 76.1 Å². The Kier molecular flexibility index (Phi) is 5.13. The Labute approximate surface area is 189 Å². The van der Waals surface area contributed by atoms with Gasteiger partial charge in [0, 0.05) is 17.3 Å². The number of rotatable bonds is 5. The first-order chi connectivity index (χ1) is 15.6. The van der Waals surface area contributed by atoms with Crippen molar-refractivity contribution in [2.24, 2.45) is 0 Å². The van der Waals surface area contributed by atoms with E-state index >= 15 is 0 Å². The van der Waals surface area contributed by atoms with Crippen LogP contribution in [0.5, 0.6) is 5.75 Å². The average molecular weight is 438 g/mol. The van der Waals surface area contributed by atoms with Gasteiger partial charge in [-0.3, -0.25) is 0 Å². The van der Waals surface area contributed by atoms with E-state index in [0.717, 1.165) is 43.7 Å². The highest BCUT2D eigenvalue weighted by molar-refractivity contribution is 7.11. The summed E-state index contributed by atoms with van der Waals surface area (Å²) in [6.07, 6.45) is 3.36. The Hall–Kier alpha value is -4.02. The summed E-state index contributed by atoms with van der Waals surface area (Å²) in [6, 6.07) is 20.1. The zero-order chi connectivity index (χ0) is 22.1. The minimum absolute atomic E-state index is 0.450. The molecular weight excluding hydrogens is 418 g/mol. The summed E-state index contributed by atoms with van der Waals surface area (Å²) in [6.45, 7) is 4.51. The van der Waals surface area contributed by atoms with E-state index in [1.165, 1.54) is 0 Å². The van der Waals surface area contributed by atoms with Crippen LogP contribution in [0.4, 0.5) is 0 Å². The fraction of sp³-hybridized carbons (Fsp3) is 0.120. The van der Waals surface area contributed by atoms with E-state index < -0.39 is 0 Å². The Bertz CT molecular complexity index is 1450. The molecule has 0 aliphatic carbocycles. The molecule has 3 aromatic heterocycles. The second-order valence-electron chi connectivity index (χ2n) is 7.35. The van der Waals surface area contributed by atoms with Crippen molar-refractivity contribution in [3.8, 4) is 34.2 Å². The van der Waals surface area contributed by atoms with E-state index in [4.69, 9.17) is 4.74 Å². The predicted molar refractivity (Wildman–Crippen MR) is 124 cm³/mol. The molecule has 0 atom stereocenters. The molecular formula is C25H19N5OS. The third kappa shape index (κ3) is 3.61. The van der Waals surface area contributed by atoms with Crippen molar-refractivity contribution in [1.82, 2.24) is 19.6 Å². The van der Waals surface area contributed by atoms with Crippen LogP contribution in [0.1, 0.15) is 21.1 Å². The molecule has 0 fully saturated rings. The molecule has 0 amide bonds. The van der Waals surface area contributed by atoms with E-state index in [1.807, 2.05) is 68.4 Å². The molecule has 5 rings (SSSR count). The maximum Gasteiger partial charge on any atom is 0.173 e. The SMILES string of the molecule is Cc1nc(C)c(COc2ccc(-c3cnc4c(C#N)cnn4c3-c3ccccc3)cc2)s1. The van der Waals surface area contributed by atoms with Gasteiger partial charge in [0.1, 0.15) is 24.0 Å². The number of benzene rings is 2. The molecule has 2 aromatic carbocycles. The fourth-order valence-corrected chi connectivity index (χ4v) is 4.53. The van der Waals surface area contributed by atoms with E-state index in [0.29, 0.717) is 17.8 Å². The maximum absolute atomic E-state index is 9.39. The van der Waals surface area contributed by atoms with Gasteiger partial charge >= 0.3 is 0 Å². The quantitative estimate of drug-likeness (QED) is 0.358. The van der Waals surface area contributed by atoms with Crippen LogP contribution in [0.25, 0.3) is 28.0 Å². The highest BCUT2D eigenvalue weighted by atomic mass is 32.1. The van der Waals surface area contributed by atoms with Crippen molar-refractivity contribution in [3.63, 3.8) is 0 Å². The lowest BCUT2D eigenvalue weighted by molar-refractivity contribution is 0.309. The van der Waals surface area contributed by atoms with Crippen molar-refractivity contribution < 1.29 is 4.74 Å². The number of hydrogen-bond donors (Lipinski definition) is 0. The second kappa shape index (κ2) is 8.25. The van der Waals surface area contributed by atoms with E-state index in [2.05, 4.69) is 21.1 Å². The highest BCUT2D eigenvalue weighted by Gasteiger charge is 2.16. The standard InChI is InChI=1S/C25H19N5OS/c1-16-23(32-17(2)29-16)15-31-21-10-8-18(9-11-21)22-14-27-25-20(12-26)13-28-30(25)24(22)19-6-4-3-5-7-19/h3-11,13-14H,15H2,1-2H3. The van der Waals surface area contributed by atoms with Gasteiger partial charge in [0.05, 0.1) is 27.5 Å². The Balaban J connectivity index is 1.52. The molecule has 0 N–H and O–H groups in total. The van der Waals surface area contributed by atoms with Crippen molar-refractivity contribution >= 4 is 17.0 Å². The van der Waals surface area contributed by atoms with Gasteiger partial charge in [0.25, 0.3) is 0 Å². The van der Waals surface area contributed by atoms with Crippen molar-refractivity contribution in [3.05, 3.63) is 88.1 Å². The number of nitrogens with zero attached hydrogens (tertiary/aromatic N) is 5. The number of aromatic nitrogens is 4. The van der Waals surface area contributed by atoms with Gasteiger partial charge in [0.2, 0.25) is 0 Å². The number of fused-ring (bicyclic) bond motifs is 1. The van der Waals surface area contributed by atoms with Crippen LogP contribution in [0.3, 0.4) is 0 Å². The number of nitriles is 1. The largest absolute Gasteiger partial charge is 0.488 e. The van der Waals surface area contributed by atoms with Crippen molar-refractivity contribution in [1.29, 1.82) is 5.26 Å². The summed E-state index contributed by atoms with van der Waals surface area (Å²) in [5.74, 6) is 0.792. The highest BCUT2D eigenvalue weighted by Crippen LogP contribution is 2.33. The number of thiazole rings is 1. The zero-order valence-corrected chi connectivity index (χ0v) is 18.4. The monoisotopic (exact) mass is 437 g/mol. The molecule has 0 unspecified atom stereocenters. The molecule has 0 bridgehead atoms. The Morgan fingerprint density at radius 3 is 2.47 bits per heavy atom. The van der Waals surface area contributed by atoms with Crippen LogP contribution in [0.2, 0.25) is 0 Å². The Morgan fingerprint density at radius 2 is 1.78 bits per heavy atom. The first kappa shape index (κ1) is 19.9. The molecule has 156 valence electrons. The summed E-state index contributed by atoms with van der Waals surface area (Å²) in [7, 11) is 0. The summed E-state index contributed by atoms with van der Waals surface area (Å²) in [5, 5.41) is 14.9. The summed E-state index contributed by atoms with van der Waals surface area (Å²) in [5.41, 5.74) is 5.82. The first-order valence-corrected chi connectivity index (χ1v) is 10.9. The molecule has 0 radical (unpaired) electrons. The van der Waals surface area contributed by atoms with Crippen LogP contribution in [-0.4, -0.2) is 19.6 Å². The van der Waals surface area contributed by atoms with Gasteiger partial charge in [-0.2, -0.15) is 10.4 Å². The van der Waals surface area contributed by atoms with Gasteiger partial charge in [-0.1, -0.05) is 42.5 Å². The lowest BCUT2D eigenvalue weighted by atomic mass is 10.0. The molecule has 5 aromatic rings. The lowest BCUT2D eigenvalue weighted by Crippen LogP contribution is -2.00. The number of hydrogen-bond acceptors (Lipinski definition) is 6. The molecule has 3 heterocycles. The maximum atomic E-state index is 9.39. The summed E-state index contributed by atoms with van der Waals surface area (Å²) in [4.78, 5) is 10.1. The molecule has 0 saturated carbocycles. The summed E-state index contributed by atoms with van der Waals surface area (Å²) < 4.78 is 7.72. The average Bonchev–Trinajstić information content (AvgIpc) is 3.39. The van der Waals surface area contributed by atoms with Crippen LogP contribution in [0, 0.1) is 25.2 Å². The van der Waals surface area contributed by atoms with Gasteiger partial charge in [-0.25, -0.2) is 14.5 Å². The van der Waals surface area contributed by atoms with Gasteiger partial charge in [0.15, 0.2) is 5.65 Å². The van der Waals surface area contributed by atoms with Gasteiger partial charge in [-0.05, 0) is 31.5 Å². The fourth-order valence-electron chi connectivity index (χ4n) is 3.68. The molecule has 32 heavy (non-hydrogen) atoms. The first-order valence-electron chi connectivity index (χ1n) is 10.1. The van der Waals surface area contributed by atoms with Crippen LogP contribution in [-0.2, 0) is 6.61 Å². The van der Waals surface area contributed by atoms with Gasteiger partial charge < -0.3 is 4.74 Å². The third-order valence-corrected chi connectivity index (χ3v) is 6.28. The zero-order valence-electron chi connectivity index (χ0n) is 17.6. The van der Waals surface area contributed by atoms with Crippen LogP contribution in [0.15, 0.2) is 67.0 Å². The normalized spacial score (nSPS) is 10.9. The van der Waals surface area contributed by atoms with Crippen LogP contribution >= 0.6 is 11.3 Å². The Morgan fingerprint density at radius 1 is 1.00 bits per heavy atom. The molecule has 0 aliphatic rings.